The van der Waals surface area contributed by atoms with Gasteiger partial charge in [-0.3, -0.25) is 9.59 Å². The average Bonchev–Trinajstić information content (AvgIpc) is 2.91. The topological polar surface area (TPSA) is 58.6 Å². The van der Waals surface area contributed by atoms with Crippen molar-refractivity contribution in [3.05, 3.63) is 29.3 Å². The highest BCUT2D eigenvalue weighted by Gasteiger charge is 2.22. The van der Waals surface area contributed by atoms with E-state index in [1.54, 1.807) is 24.1 Å². The molecule has 0 radical (unpaired) electrons. The van der Waals surface area contributed by atoms with Crippen molar-refractivity contribution in [3.63, 3.8) is 0 Å². The standard InChI is InChI=1S/C15H20N2O3/c1-11-5-6-13(14(8-11)16-10-18)15(19)17(2)9-12-4-3-7-20-12/h5-6,8,10,12H,3-4,7,9H2,1-2H3,(H,16,18). The summed E-state index contributed by atoms with van der Waals surface area (Å²) >= 11 is 0. The van der Waals surface area contributed by atoms with Crippen molar-refractivity contribution < 1.29 is 14.3 Å². The summed E-state index contributed by atoms with van der Waals surface area (Å²) in [6.45, 7) is 3.27. The van der Waals surface area contributed by atoms with E-state index >= 15 is 0 Å². The lowest BCUT2D eigenvalue weighted by atomic mass is 10.1. The third-order valence-electron chi connectivity index (χ3n) is 3.47. The van der Waals surface area contributed by atoms with Gasteiger partial charge in [0.05, 0.1) is 17.4 Å². The van der Waals surface area contributed by atoms with Gasteiger partial charge in [-0.15, -0.1) is 0 Å². The van der Waals surface area contributed by atoms with Crippen LogP contribution in [0.2, 0.25) is 0 Å². The number of nitrogens with one attached hydrogen (secondary N) is 1. The summed E-state index contributed by atoms with van der Waals surface area (Å²) in [7, 11) is 1.76. The number of aryl methyl sites for hydroxylation is 1. The van der Waals surface area contributed by atoms with Gasteiger partial charge in [0.15, 0.2) is 0 Å². The van der Waals surface area contributed by atoms with Crippen LogP contribution in [0.1, 0.15) is 28.8 Å². The van der Waals surface area contributed by atoms with Crippen molar-refractivity contribution in [1.29, 1.82) is 0 Å². The molecule has 1 aliphatic rings. The highest BCUT2D eigenvalue weighted by Crippen LogP contribution is 2.20. The average molecular weight is 276 g/mol. The van der Waals surface area contributed by atoms with E-state index in [0.717, 1.165) is 25.0 Å². The Labute approximate surface area is 118 Å². The van der Waals surface area contributed by atoms with Crippen LogP contribution in [-0.4, -0.2) is 43.5 Å². The molecule has 1 N–H and O–H groups in total. The number of carbonyl (C=O) groups excluding carboxylic acids is 2. The molecule has 1 fully saturated rings. The number of benzene rings is 1. The molecule has 0 saturated carbocycles. The molecule has 1 heterocycles. The number of likely N-dealkylation sites (N-methyl/N-ethyl adjacent to an activating group) is 1. The monoisotopic (exact) mass is 276 g/mol. The van der Waals surface area contributed by atoms with Crippen LogP contribution in [0.3, 0.4) is 0 Å². The molecular formula is C15H20N2O3. The first-order valence-electron chi connectivity index (χ1n) is 6.79. The predicted molar refractivity (Wildman–Crippen MR) is 76.8 cm³/mol. The molecule has 1 unspecified atom stereocenters. The maximum Gasteiger partial charge on any atom is 0.255 e. The van der Waals surface area contributed by atoms with E-state index in [0.29, 0.717) is 24.2 Å². The summed E-state index contributed by atoms with van der Waals surface area (Å²) in [6, 6.07) is 5.40. The number of ether oxygens (including phenoxy) is 1. The van der Waals surface area contributed by atoms with Gasteiger partial charge in [0.25, 0.3) is 5.91 Å². The normalized spacial score (nSPS) is 17.8. The van der Waals surface area contributed by atoms with E-state index in [9.17, 15) is 9.59 Å². The van der Waals surface area contributed by atoms with Crippen molar-refractivity contribution in [2.75, 3.05) is 25.5 Å². The summed E-state index contributed by atoms with van der Waals surface area (Å²) in [5.74, 6) is -0.107. The molecule has 1 aliphatic heterocycles. The van der Waals surface area contributed by atoms with Gasteiger partial charge in [-0.1, -0.05) is 6.07 Å². The molecular weight excluding hydrogens is 256 g/mol. The van der Waals surface area contributed by atoms with Gasteiger partial charge >= 0.3 is 0 Å². The molecule has 0 bridgehead atoms. The molecule has 1 aromatic rings. The lowest BCUT2D eigenvalue weighted by Crippen LogP contribution is -2.34. The van der Waals surface area contributed by atoms with Crippen molar-refractivity contribution in [2.45, 2.75) is 25.9 Å². The molecule has 1 atom stereocenters. The van der Waals surface area contributed by atoms with E-state index in [1.165, 1.54) is 0 Å². The zero-order chi connectivity index (χ0) is 14.5. The second kappa shape index (κ2) is 6.52. The van der Waals surface area contributed by atoms with E-state index in [-0.39, 0.29) is 12.0 Å². The fraction of sp³-hybridized carbons (Fsp3) is 0.467. The summed E-state index contributed by atoms with van der Waals surface area (Å²) in [6.07, 6.45) is 2.75. The van der Waals surface area contributed by atoms with Gasteiger partial charge in [0.1, 0.15) is 0 Å². The first-order chi connectivity index (χ1) is 9.61. The summed E-state index contributed by atoms with van der Waals surface area (Å²) in [5.41, 5.74) is 2.04. The van der Waals surface area contributed by atoms with Gasteiger partial charge < -0.3 is 15.0 Å². The molecule has 2 rings (SSSR count). The smallest absolute Gasteiger partial charge is 0.255 e. The molecule has 0 spiro atoms. The quantitative estimate of drug-likeness (QED) is 0.834. The Morgan fingerprint density at radius 2 is 2.35 bits per heavy atom. The Bertz CT molecular complexity index is 496. The van der Waals surface area contributed by atoms with Gasteiger partial charge in [0.2, 0.25) is 6.41 Å². The van der Waals surface area contributed by atoms with Crippen LogP contribution in [0, 0.1) is 6.92 Å². The number of amides is 2. The number of nitrogens with zero attached hydrogens (tertiary/aromatic N) is 1. The second-order valence-electron chi connectivity index (χ2n) is 5.13. The third-order valence-corrected chi connectivity index (χ3v) is 3.47. The number of hydrogen-bond acceptors (Lipinski definition) is 3. The molecule has 20 heavy (non-hydrogen) atoms. The van der Waals surface area contributed by atoms with Gasteiger partial charge in [-0.05, 0) is 37.5 Å². The van der Waals surface area contributed by atoms with Crippen LogP contribution in [0.4, 0.5) is 5.69 Å². The van der Waals surface area contributed by atoms with Crippen LogP contribution in [-0.2, 0) is 9.53 Å². The van der Waals surface area contributed by atoms with Crippen molar-refractivity contribution in [1.82, 2.24) is 4.90 Å². The number of carbonyl (C=O) groups is 2. The Morgan fingerprint density at radius 1 is 1.55 bits per heavy atom. The lowest BCUT2D eigenvalue weighted by Gasteiger charge is -2.22. The molecule has 0 aliphatic carbocycles. The second-order valence-corrected chi connectivity index (χ2v) is 5.13. The number of anilines is 1. The van der Waals surface area contributed by atoms with Crippen LogP contribution in [0.5, 0.6) is 0 Å². The fourth-order valence-corrected chi connectivity index (χ4v) is 2.41. The molecule has 5 heteroatoms. The molecule has 1 aromatic carbocycles. The minimum Gasteiger partial charge on any atom is -0.376 e. The van der Waals surface area contributed by atoms with Crippen LogP contribution < -0.4 is 5.32 Å². The van der Waals surface area contributed by atoms with E-state index < -0.39 is 0 Å². The Hall–Kier alpha value is -1.88. The zero-order valence-corrected chi connectivity index (χ0v) is 11.9. The minimum atomic E-state index is -0.107. The van der Waals surface area contributed by atoms with Gasteiger partial charge in [-0.2, -0.15) is 0 Å². The molecule has 1 saturated heterocycles. The molecule has 5 nitrogen and oxygen atoms in total. The molecule has 108 valence electrons. The summed E-state index contributed by atoms with van der Waals surface area (Å²) in [5, 5.41) is 2.59. The first kappa shape index (κ1) is 14.5. The minimum absolute atomic E-state index is 0.107. The summed E-state index contributed by atoms with van der Waals surface area (Å²) < 4.78 is 5.54. The molecule has 2 amide bonds. The summed E-state index contributed by atoms with van der Waals surface area (Å²) in [4.78, 5) is 24.8. The van der Waals surface area contributed by atoms with Crippen molar-refractivity contribution in [3.8, 4) is 0 Å². The van der Waals surface area contributed by atoms with Crippen molar-refractivity contribution in [2.24, 2.45) is 0 Å². The number of hydrogen-bond donors (Lipinski definition) is 1. The highest BCUT2D eigenvalue weighted by atomic mass is 16.5. The predicted octanol–water partition coefficient (Wildman–Crippen LogP) is 1.81. The van der Waals surface area contributed by atoms with Gasteiger partial charge in [-0.25, -0.2) is 0 Å². The maximum absolute atomic E-state index is 12.5. The first-order valence-corrected chi connectivity index (χ1v) is 6.79. The Balaban J connectivity index is 2.12. The highest BCUT2D eigenvalue weighted by molar-refractivity contribution is 6.01. The van der Waals surface area contributed by atoms with E-state index in [2.05, 4.69) is 5.32 Å². The largest absolute Gasteiger partial charge is 0.376 e. The fourth-order valence-electron chi connectivity index (χ4n) is 2.41. The zero-order valence-electron chi connectivity index (χ0n) is 11.9. The third kappa shape index (κ3) is 3.36. The Morgan fingerprint density at radius 3 is 3.00 bits per heavy atom. The van der Waals surface area contributed by atoms with E-state index in [1.807, 2.05) is 13.0 Å². The van der Waals surface area contributed by atoms with Crippen LogP contribution in [0.15, 0.2) is 18.2 Å². The van der Waals surface area contributed by atoms with E-state index in [4.69, 9.17) is 4.74 Å². The SMILES string of the molecule is Cc1ccc(C(=O)N(C)CC2CCCO2)c(NC=O)c1. The lowest BCUT2D eigenvalue weighted by molar-refractivity contribution is -0.105. The Kier molecular flexibility index (Phi) is 4.74. The van der Waals surface area contributed by atoms with Crippen molar-refractivity contribution >= 4 is 18.0 Å². The maximum atomic E-state index is 12.5. The molecule has 0 aromatic heterocycles. The van der Waals surface area contributed by atoms with Crippen LogP contribution in [0.25, 0.3) is 0 Å². The van der Waals surface area contributed by atoms with Crippen LogP contribution >= 0.6 is 0 Å². The van der Waals surface area contributed by atoms with Gasteiger partial charge in [0, 0.05) is 20.2 Å². The number of rotatable bonds is 5.